The van der Waals surface area contributed by atoms with Crippen LogP contribution in [-0.2, 0) is 6.42 Å². The lowest BCUT2D eigenvalue weighted by molar-refractivity contribution is -0.525. The molecular weight excluding hydrogens is 146 g/mol. The zero-order chi connectivity index (χ0) is 8.97. The van der Waals surface area contributed by atoms with E-state index in [1.807, 2.05) is 17.7 Å². The fourth-order valence-corrected chi connectivity index (χ4v) is 1.11. The van der Waals surface area contributed by atoms with Gasteiger partial charge in [0.15, 0.2) is 6.04 Å². The van der Waals surface area contributed by atoms with Crippen LogP contribution in [0.3, 0.4) is 0 Å². The molecule has 1 heteroatoms. The number of likely N-dealkylation sites (N-methyl/N-ethyl adjacent to an activating group) is 1. The van der Waals surface area contributed by atoms with Crippen LogP contribution in [0, 0.1) is 0 Å². The van der Waals surface area contributed by atoms with E-state index in [4.69, 9.17) is 0 Å². The van der Waals surface area contributed by atoms with E-state index in [-0.39, 0.29) is 0 Å². The third kappa shape index (κ3) is 2.50. The van der Waals surface area contributed by atoms with Gasteiger partial charge in [0.25, 0.3) is 0 Å². The van der Waals surface area contributed by atoms with Gasteiger partial charge in [-0.2, -0.15) is 0 Å². The first-order valence-electron chi connectivity index (χ1n) is 4.27. The topological polar surface area (TPSA) is 3.01 Å². The highest BCUT2D eigenvalue weighted by atomic mass is 15.0. The Kier molecular flexibility index (Phi) is 3.03. The summed E-state index contributed by atoms with van der Waals surface area (Å²) in [7, 11) is 2.01. The molecule has 1 unspecified atom stereocenters. The van der Waals surface area contributed by atoms with Gasteiger partial charge >= 0.3 is 0 Å². The summed E-state index contributed by atoms with van der Waals surface area (Å²) in [5.41, 5.74) is 1.38. The number of rotatable bonds is 3. The van der Waals surface area contributed by atoms with Gasteiger partial charge in [0.05, 0.1) is 0 Å². The summed E-state index contributed by atoms with van der Waals surface area (Å²) in [6.45, 7) is 6.05. The molecule has 0 fully saturated rings. The Morgan fingerprint density at radius 3 is 2.42 bits per heavy atom. The first kappa shape index (κ1) is 8.98. The van der Waals surface area contributed by atoms with Crippen molar-refractivity contribution in [3.8, 4) is 0 Å². The molecule has 0 N–H and O–H groups in total. The van der Waals surface area contributed by atoms with Gasteiger partial charge in [-0.25, -0.2) is 4.58 Å². The molecule has 1 aromatic rings. The predicted octanol–water partition coefficient (Wildman–Crippen LogP) is 1.96. The van der Waals surface area contributed by atoms with Crippen molar-refractivity contribution in [1.82, 2.24) is 0 Å². The summed E-state index contributed by atoms with van der Waals surface area (Å²) in [6, 6.07) is 11.0. The van der Waals surface area contributed by atoms with Crippen molar-refractivity contribution >= 4 is 6.72 Å². The SMILES string of the molecule is C=[N+](C)C(C)Cc1ccccc1. The molecule has 0 saturated carbocycles. The van der Waals surface area contributed by atoms with Crippen molar-refractivity contribution in [3.63, 3.8) is 0 Å². The standard InChI is InChI=1S/C11H16N/c1-10(12(2)3)9-11-7-5-4-6-8-11/h4-8,10H,2,9H2,1,3H3/q+1. The number of hydrogen-bond donors (Lipinski definition) is 0. The maximum atomic E-state index is 3.87. The Labute approximate surface area is 74.4 Å². The minimum Gasteiger partial charge on any atom is -0.242 e. The second kappa shape index (κ2) is 4.05. The van der Waals surface area contributed by atoms with Crippen LogP contribution in [0.25, 0.3) is 0 Å². The van der Waals surface area contributed by atoms with Gasteiger partial charge in [0.1, 0.15) is 13.8 Å². The van der Waals surface area contributed by atoms with Crippen molar-refractivity contribution in [3.05, 3.63) is 35.9 Å². The van der Waals surface area contributed by atoms with Crippen molar-refractivity contribution in [2.75, 3.05) is 7.05 Å². The van der Waals surface area contributed by atoms with E-state index >= 15 is 0 Å². The lowest BCUT2D eigenvalue weighted by Gasteiger charge is -2.05. The van der Waals surface area contributed by atoms with Crippen LogP contribution in [0.2, 0.25) is 0 Å². The number of benzene rings is 1. The van der Waals surface area contributed by atoms with Crippen molar-refractivity contribution < 1.29 is 4.58 Å². The normalized spacial score (nSPS) is 12.5. The van der Waals surface area contributed by atoms with E-state index in [9.17, 15) is 0 Å². The van der Waals surface area contributed by atoms with Gasteiger partial charge in [-0.3, -0.25) is 0 Å². The van der Waals surface area contributed by atoms with Crippen LogP contribution >= 0.6 is 0 Å². The molecule has 1 rings (SSSR count). The summed E-state index contributed by atoms with van der Waals surface area (Å²) >= 11 is 0. The van der Waals surface area contributed by atoms with E-state index in [0.29, 0.717) is 6.04 Å². The summed E-state index contributed by atoms with van der Waals surface area (Å²) in [5, 5.41) is 0. The molecule has 0 spiro atoms. The van der Waals surface area contributed by atoms with Gasteiger partial charge in [-0.15, -0.1) is 0 Å². The molecule has 0 heterocycles. The van der Waals surface area contributed by atoms with Gasteiger partial charge < -0.3 is 0 Å². The molecule has 0 aliphatic heterocycles. The molecule has 0 aliphatic carbocycles. The molecule has 64 valence electrons. The Hall–Kier alpha value is -1.11. The van der Waals surface area contributed by atoms with E-state index in [0.717, 1.165) is 6.42 Å². The van der Waals surface area contributed by atoms with Crippen LogP contribution in [0.5, 0.6) is 0 Å². The minimum atomic E-state index is 0.507. The molecule has 0 amide bonds. The minimum absolute atomic E-state index is 0.507. The van der Waals surface area contributed by atoms with Crippen LogP contribution in [0.4, 0.5) is 0 Å². The van der Waals surface area contributed by atoms with E-state index in [2.05, 4.69) is 37.9 Å². The molecule has 0 saturated heterocycles. The monoisotopic (exact) mass is 162 g/mol. The molecule has 1 aromatic carbocycles. The zero-order valence-corrected chi connectivity index (χ0v) is 7.83. The van der Waals surface area contributed by atoms with Crippen LogP contribution in [0.15, 0.2) is 30.3 Å². The Balaban J connectivity index is 2.58. The average molecular weight is 162 g/mol. The molecule has 0 bridgehead atoms. The third-order valence-electron chi connectivity index (χ3n) is 2.13. The third-order valence-corrected chi connectivity index (χ3v) is 2.13. The quantitative estimate of drug-likeness (QED) is 0.472. The van der Waals surface area contributed by atoms with Crippen LogP contribution in [0.1, 0.15) is 12.5 Å². The Morgan fingerprint density at radius 2 is 1.92 bits per heavy atom. The molecule has 1 atom stereocenters. The lowest BCUT2D eigenvalue weighted by Crippen LogP contribution is -2.19. The first-order chi connectivity index (χ1) is 5.70. The fraction of sp³-hybridized carbons (Fsp3) is 0.364. The lowest BCUT2D eigenvalue weighted by atomic mass is 10.1. The van der Waals surface area contributed by atoms with Crippen molar-refractivity contribution in [2.24, 2.45) is 0 Å². The van der Waals surface area contributed by atoms with Gasteiger partial charge in [-0.05, 0) is 12.5 Å². The summed E-state index contributed by atoms with van der Waals surface area (Å²) in [6.07, 6.45) is 1.07. The summed E-state index contributed by atoms with van der Waals surface area (Å²) < 4.78 is 1.99. The van der Waals surface area contributed by atoms with Gasteiger partial charge in [0.2, 0.25) is 0 Å². The largest absolute Gasteiger partial charge is 0.242 e. The van der Waals surface area contributed by atoms with Crippen LogP contribution < -0.4 is 0 Å². The highest BCUT2D eigenvalue weighted by molar-refractivity contribution is 5.17. The predicted molar refractivity (Wildman–Crippen MR) is 52.9 cm³/mol. The maximum Gasteiger partial charge on any atom is 0.153 e. The van der Waals surface area contributed by atoms with E-state index in [1.165, 1.54) is 5.56 Å². The molecule has 12 heavy (non-hydrogen) atoms. The highest BCUT2D eigenvalue weighted by Gasteiger charge is 2.07. The smallest absolute Gasteiger partial charge is 0.153 e. The second-order valence-electron chi connectivity index (χ2n) is 3.30. The Morgan fingerprint density at radius 1 is 1.33 bits per heavy atom. The van der Waals surface area contributed by atoms with Gasteiger partial charge in [0, 0.05) is 6.42 Å². The number of hydrogen-bond acceptors (Lipinski definition) is 0. The maximum absolute atomic E-state index is 3.87. The molecule has 0 aromatic heterocycles. The summed E-state index contributed by atoms with van der Waals surface area (Å²) in [5.74, 6) is 0. The summed E-state index contributed by atoms with van der Waals surface area (Å²) in [4.78, 5) is 0. The van der Waals surface area contributed by atoms with Crippen molar-refractivity contribution in [2.45, 2.75) is 19.4 Å². The van der Waals surface area contributed by atoms with Gasteiger partial charge in [-0.1, -0.05) is 30.3 Å². The second-order valence-corrected chi connectivity index (χ2v) is 3.30. The van der Waals surface area contributed by atoms with E-state index < -0.39 is 0 Å². The van der Waals surface area contributed by atoms with Crippen molar-refractivity contribution in [1.29, 1.82) is 0 Å². The highest BCUT2D eigenvalue weighted by Crippen LogP contribution is 2.03. The molecule has 0 radical (unpaired) electrons. The molecule has 1 nitrogen and oxygen atoms in total. The average Bonchev–Trinajstić information content (AvgIpc) is 2.06. The number of nitrogens with zero attached hydrogens (tertiary/aromatic N) is 1. The van der Waals surface area contributed by atoms with Crippen LogP contribution in [-0.4, -0.2) is 24.4 Å². The van der Waals surface area contributed by atoms with E-state index in [1.54, 1.807) is 0 Å². The Bertz CT molecular complexity index is 251. The zero-order valence-electron chi connectivity index (χ0n) is 7.83. The molecule has 0 aliphatic rings. The fourth-order valence-electron chi connectivity index (χ4n) is 1.11. The molecular formula is C11H16N+. The first-order valence-corrected chi connectivity index (χ1v) is 4.27.